The van der Waals surface area contributed by atoms with Crippen LogP contribution in [0.15, 0.2) is 59.8 Å². The minimum absolute atomic E-state index is 0.0502. The van der Waals surface area contributed by atoms with E-state index >= 15 is 0 Å². The predicted octanol–water partition coefficient (Wildman–Crippen LogP) is 4.39. The second-order valence-corrected chi connectivity index (χ2v) is 7.34. The fourth-order valence-electron chi connectivity index (χ4n) is 2.55. The van der Waals surface area contributed by atoms with Gasteiger partial charge < -0.3 is 9.88 Å². The molecule has 1 amide bonds. The van der Waals surface area contributed by atoms with E-state index < -0.39 is 0 Å². The van der Waals surface area contributed by atoms with Crippen LogP contribution in [0.5, 0.6) is 0 Å². The largest absolute Gasteiger partial charge is 0.325 e. The highest BCUT2D eigenvalue weighted by atomic mass is 32.2. The normalized spacial score (nSPS) is 12.0. The lowest BCUT2D eigenvalue weighted by Gasteiger charge is -2.13. The Balaban J connectivity index is 1.73. The summed E-state index contributed by atoms with van der Waals surface area (Å²) >= 11 is 1.42. The Morgan fingerprint density at radius 2 is 1.81 bits per heavy atom. The van der Waals surface area contributed by atoms with Gasteiger partial charge in [-0.05, 0) is 32.9 Å². The fraction of sp³-hybridized carbons (Fsp3) is 0.250. The summed E-state index contributed by atoms with van der Waals surface area (Å²) in [6.45, 7) is 6.69. The number of hydrogen-bond acceptors (Lipinski definition) is 4. The molecule has 0 aliphatic rings. The van der Waals surface area contributed by atoms with Crippen LogP contribution in [0.4, 0.5) is 5.69 Å². The number of carbonyl (C=O) groups excluding carboxylic acids is 1. The number of carbonyl (C=O) groups is 1. The molecule has 0 spiro atoms. The molecule has 0 radical (unpaired) electrons. The van der Waals surface area contributed by atoms with Crippen LogP contribution in [0, 0.1) is 6.92 Å². The second kappa shape index (κ2) is 8.19. The molecule has 0 saturated carbocycles. The lowest BCUT2D eigenvalue weighted by atomic mass is 10.2. The summed E-state index contributed by atoms with van der Waals surface area (Å²) in [5.74, 6) is 0.771. The number of amides is 1. The van der Waals surface area contributed by atoms with Crippen LogP contribution in [0.1, 0.15) is 19.4 Å². The smallest absolute Gasteiger partial charge is 0.237 e. The van der Waals surface area contributed by atoms with E-state index in [9.17, 15) is 4.79 Å². The number of aromatic nitrogens is 3. The molecule has 1 N–H and O–H groups in total. The van der Waals surface area contributed by atoms with E-state index in [1.807, 2.05) is 73.0 Å². The van der Waals surface area contributed by atoms with Crippen molar-refractivity contribution in [3.63, 3.8) is 0 Å². The van der Waals surface area contributed by atoms with Gasteiger partial charge in [-0.3, -0.25) is 4.79 Å². The van der Waals surface area contributed by atoms with E-state index in [4.69, 9.17) is 0 Å². The third kappa shape index (κ3) is 4.14. The van der Waals surface area contributed by atoms with E-state index in [1.54, 1.807) is 0 Å². The van der Waals surface area contributed by atoms with Crippen molar-refractivity contribution >= 4 is 23.4 Å². The average Bonchev–Trinajstić information content (AvgIpc) is 3.06. The van der Waals surface area contributed by atoms with Gasteiger partial charge in [0.25, 0.3) is 0 Å². The van der Waals surface area contributed by atoms with Crippen LogP contribution in [-0.4, -0.2) is 25.9 Å². The first kappa shape index (κ1) is 18.2. The number of rotatable bonds is 6. The maximum Gasteiger partial charge on any atom is 0.237 e. The minimum Gasteiger partial charge on any atom is -0.325 e. The SMILES string of the molecule is CCn1c(S[C@@H](C)C(=O)Nc2ccc(C)cc2)nnc1-c1ccccc1. The van der Waals surface area contributed by atoms with Crippen molar-refractivity contribution in [3.8, 4) is 11.4 Å². The highest BCUT2D eigenvalue weighted by Crippen LogP contribution is 2.27. The van der Waals surface area contributed by atoms with Crippen molar-refractivity contribution in [2.24, 2.45) is 0 Å². The third-order valence-electron chi connectivity index (χ3n) is 4.04. The molecule has 3 aromatic rings. The van der Waals surface area contributed by atoms with Gasteiger partial charge in [0.1, 0.15) is 0 Å². The quantitative estimate of drug-likeness (QED) is 0.657. The predicted molar refractivity (Wildman–Crippen MR) is 106 cm³/mol. The first-order valence-electron chi connectivity index (χ1n) is 8.61. The number of thioether (sulfide) groups is 1. The summed E-state index contributed by atoms with van der Waals surface area (Å²) in [4.78, 5) is 12.5. The zero-order valence-electron chi connectivity index (χ0n) is 15.1. The Labute approximate surface area is 157 Å². The van der Waals surface area contributed by atoms with Gasteiger partial charge in [-0.15, -0.1) is 10.2 Å². The van der Waals surface area contributed by atoms with Gasteiger partial charge in [0.15, 0.2) is 11.0 Å². The Hall–Kier alpha value is -2.60. The summed E-state index contributed by atoms with van der Waals surface area (Å²) in [7, 11) is 0. The zero-order chi connectivity index (χ0) is 18.5. The van der Waals surface area contributed by atoms with Crippen molar-refractivity contribution in [1.29, 1.82) is 0 Å². The Bertz CT molecular complexity index is 875. The summed E-state index contributed by atoms with van der Waals surface area (Å²) in [6.07, 6.45) is 0. The van der Waals surface area contributed by atoms with Crippen LogP contribution in [0.25, 0.3) is 11.4 Å². The molecule has 1 aromatic heterocycles. The number of benzene rings is 2. The highest BCUT2D eigenvalue weighted by molar-refractivity contribution is 8.00. The van der Waals surface area contributed by atoms with Gasteiger partial charge in [0.05, 0.1) is 5.25 Å². The lowest BCUT2D eigenvalue weighted by Crippen LogP contribution is -2.22. The number of nitrogens with zero attached hydrogens (tertiary/aromatic N) is 3. The van der Waals surface area contributed by atoms with Crippen molar-refractivity contribution < 1.29 is 4.79 Å². The van der Waals surface area contributed by atoms with Crippen LogP contribution in [-0.2, 0) is 11.3 Å². The van der Waals surface area contributed by atoms with Gasteiger partial charge in [0.2, 0.25) is 5.91 Å². The number of nitrogens with one attached hydrogen (secondary N) is 1. The summed E-state index contributed by atoms with van der Waals surface area (Å²) in [5, 5.41) is 12.0. The summed E-state index contributed by atoms with van der Waals surface area (Å²) < 4.78 is 2.04. The molecule has 0 fully saturated rings. The van der Waals surface area contributed by atoms with E-state index in [0.29, 0.717) is 0 Å². The Kier molecular flexibility index (Phi) is 5.73. The first-order chi connectivity index (χ1) is 12.6. The monoisotopic (exact) mass is 366 g/mol. The van der Waals surface area contributed by atoms with Gasteiger partial charge in [-0.1, -0.05) is 59.8 Å². The summed E-state index contributed by atoms with van der Waals surface area (Å²) in [6, 6.07) is 17.7. The minimum atomic E-state index is -0.283. The van der Waals surface area contributed by atoms with E-state index in [1.165, 1.54) is 11.8 Å². The number of aryl methyl sites for hydroxylation is 1. The molecule has 6 heteroatoms. The Morgan fingerprint density at radius 1 is 1.12 bits per heavy atom. The molecular formula is C20H22N4OS. The molecule has 0 unspecified atom stereocenters. The van der Waals surface area contributed by atoms with Crippen LogP contribution in [0.2, 0.25) is 0 Å². The summed E-state index contributed by atoms with van der Waals surface area (Å²) in [5.41, 5.74) is 2.98. The van der Waals surface area contributed by atoms with Crippen LogP contribution >= 0.6 is 11.8 Å². The van der Waals surface area contributed by atoms with Crippen molar-refractivity contribution in [3.05, 3.63) is 60.2 Å². The molecule has 2 aromatic carbocycles. The van der Waals surface area contributed by atoms with E-state index in [-0.39, 0.29) is 11.2 Å². The van der Waals surface area contributed by atoms with Crippen molar-refractivity contribution in [1.82, 2.24) is 14.8 Å². The highest BCUT2D eigenvalue weighted by Gasteiger charge is 2.20. The van der Waals surface area contributed by atoms with Gasteiger partial charge in [0, 0.05) is 17.8 Å². The molecule has 134 valence electrons. The van der Waals surface area contributed by atoms with Crippen molar-refractivity contribution in [2.75, 3.05) is 5.32 Å². The average molecular weight is 366 g/mol. The molecule has 0 aliphatic carbocycles. The first-order valence-corrected chi connectivity index (χ1v) is 9.49. The molecule has 3 rings (SSSR count). The standard InChI is InChI=1S/C20H22N4OS/c1-4-24-18(16-8-6-5-7-9-16)22-23-20(24)26-15(3)19(25)21-17-12-10-14(2)11-13-17/h5-13,15H,4H2,1-3H3,(H,21,25)/t15-/m0/s1. The zero-order valence-corrected chi connectivity index (χ0v) is 16.0. The van der Waals surface area contributed by atoms with Gasteiger partial charge in [-0.25, -0.2) is 0 Å². The maximum absolute atomic E-state index is 12.5. The van der Waals surface area contributed by atoms with Gasteiger partial charge in [-0.2, -0.15) is 0 Å². The van der Waals surface area contributed by atoms with Gasteiger partial charge >= 0.3 is 0 Å². The maximum atomic E-state index is 12.5. The fourth-order valence-corrected chi connectivity index (χ4v) is 3.47. The third-order valence-corrected chi connectivity index (χ3v) is 5.12. The molecule has 5 nitrogen and oxygen atoms in total. The van der Waals surface area contributed by atoms with E-state index in [0.717, 1.165) is 34.3 Å². The van der Waals surface area contributed by atoms with E-state index in [2.05, 4.69) is 22.4 Å². The molecule has 1 atom stereocenters. The number of hydrogen-bond donors (Lipinski definition) is 1. The lowest BCUT2D eigenvalue weighted by molar-refractivity contribution is -0.115. The Morgan fingerprint density at radius 3 is 2.46 bits per heavy atom. The second-order valence-electron chi connectivity index (χ2n) is 6.03. The molecule has 0 saturated heterocycles. The van der Waals surface area contributed by atoms with Crippen LogP contribution < -0.4 is 5.32 Å². The molecule has 0 aliphatic heterocycles. The number of anilines is 1. The topological polar surface area (TPSA) is 59.8 Å². The molecular weight excluding hydrogens is 344 g/mol. The van der Waals surface area contributed by atoms with Crippen LogP contribution in [0.3, 0.4) is 0 Å². The van der Waals surface area contributed by atoms with Crippen molar-refractivity contribution in [2.45, 2.75) is 37.7 Å². The molecule has 1 heterocycles. The molecule has 26 heavy (non-hydrogen) atoms. The molecule has 0 bridgehead atoms.